The van der Waals surface area contributed by atoms with Crippen molar-refractivity contribution in [3.05, 3.63) is 59.2 Å². The van der Waals surface area contributed by atoms with E-state index in [0.717, 1.165) is 5.56 Å². The summed E-state index contributed by atoms with van der Waals surface area (Å²) >= 11 is 0. The average Bonchev–Trinajstić information content (AvgIpc) is 2.48. The molecule has 2 aromatic rings. The van der Waals surface area contributed by atoms with Gasteiger partial charge in [-0.05, 0) is 37.4 Å². The van der Waals surface area contributed by atoms with E-state index in [1.54, 1.807) is 26.3 Å². The number of nitrogens with one attached hydrogen (secondary N) is 1. The van der Waals surface area contributed by atoms with Gasteiger partial charge in [0.1, 0.15) is 29.7 Å². The van der Waals surface area contributed by atoms with Crippen LogP contribution in [-0.4, -0.2) is 14.2 Å². The average molecular weight is 293 g/mol. The van der Waals surface area contributed by atoms with E-state index in [1.807, 2.05) is 6.07 Å². The summed E-state index contributed by atoms with van der Waals surface area (Å²) in [6, 6.07) is 9.04. The van der Waals surface area contributed by atoms with Crippen LogP contribution >= 0.6 is 0 Å². The largest absolute Gasteiger partial charge is 0.497 e. The van der Waals surface area contributed by atoms with Gasteiger partial charge in [0.05, 0.1) is 12.7 Å². The molecule has 112 valence electrons. The number of halogens is 2. The van der Waals surface area contributed by atoms with Gasteiger partial charge < -0.3 is 14.8 Å². The van der Waals surface area contributed by atoms with Gasteiger partial charge >= 0.3 is 0 Å². The van der Waals surface area contributed by atoms with Gasteiger partial charge in [-0.15, -0.1) is 0 Å². The Hall–Kier alpha value is -2.14. The lowest BCUT2D eigenvalue weighted by molar-refractivity contribution is 0.288. The summed E-state index contributed by atoms with van der Waals surface area (Å²) < 4.78 is 37.9. The van der Waals surface area contributed by atoms with E-state index in [9.17, 15) is 8.78 Å². The SMILES string of the molecule is CNCc1cc(OC)ccc1OCc1c(F)cccc1F. The highest BCUT2D eigenvalue weighted by molar-refractivity contribution is 5.40. The molecule has 0 heterocycles. The van der Waals surface area contributed by atoms with E-state index < -0.39 is 11.6 Å². The van der Waals surface area contributed by atoms with Gasteiger partial charge in [-0.2, -0.15) is 0 Å². The zero-order valence-corrected chi connectivity index (χ0v) is 12.0. The number of methoxy groups -OCH3 is 1. The minimum atomic E-state index is -0.612. The van der Waals surface area contributed by atoms with Gasteiger partial charge in [0, 0.05) is 12.1 Å². The monoisotopic (exact) mass is 293 g/mol. The highest BCUT2D eigenvalue weighted by Gasteiger charge is 2.11. The van der Waals surface area contributed by atoms with Crippen LogP contribution in [0.3, 0.4) is 0 Å². The van der Waals surface area contributed by atoms with Crippen molar-refractivity contribution < 1.29 is 18.3 Å². The molecule has 0 spiro atoms. The fourth-order valence-electron chi connectivity index (χ4n) is 1.97. The molecule has 21 heavy (non-hydrogen) atoms. The zero-order chi connectivity index (χ0) is 15.2. The van der Waals surface area contributed by atoms with Crippen molar-refractivity contribution in [1.29, 1.82) is 0 Å². The molecule has 0 aromatic heterocycles. The molecule has 3 nitrogen and oxygen atoms in total. The Bertz CT molecular complexity index is 597. The van der Waals surface area contributed by atoms with Gasteiger partial charge in [0.15, 0.2) is 0 Å². The predicted octanol–water partition coefficient (Wildman–Crippen LogP) is 3.27. The van der Waals surface area contributed by atoms with Crippen molar-refractivity contribution in [3.8, 4) is 11.5 Å². The second-order valence-corrected chi connectivity index (χ2v) is 4.49. The molecule has 2 rings (SSSR count). The minimum Gasteiger partial charge on any atom is -0.497 e. The van der Waals surface area contributed by atoms with Crippen LogP contribution in [-0.2, 0) is 13.2 Å². The Kier molecular flexibility index (Phi) is 5.11. The molecule has 2 aromatic carbocycles. The molecule has 0 fully saturated rings. The number of rotatable bonds is 6. The van der Waals surface area contributed by atoms with Crippen LogP contribution < -0.4 is 14.8 Å². The Labute approximate surface area is 122 Å². The number of benzene rings is 2. The predicted molar refractivity (Wildman–Crippen MR) is 76.4 cm³/mol. The maximum atomic E-state index is 13.6. The molecule has 0 saturated carbocycles. The normalized spacial score (nSPS) is 10.5. The third kappa shape index (κ3) is 3.70. The standard InChI is InChI=1S/C16H17F2NO2/c1-19-9-11-8-12(20-2)6-7-16(11)21-10-13-14(17)4-3-5-15(13)18/h3-8,19H,9-10H2,1-2H3. The molecule has 0 aliphatic heterocycles. The quantitative estimate of drug-likeness (QED) is 0.886. The summed E-state index contributed by atoms with van der Waals surface area (Å²) in [5.41, 5.74) is 0.775. The number of ether oxygens (including phenoxy) is 2. The van der Waals surface area contributed by atoms with E-state index in [2.05, 4.69) is 5.32 Å². The van der Waals surface area contributed by atoms with Crippen molar-refractivity contribution in [2.45, 2.75) is 13.2 Å². The molecule has 0 amide bonds. The fraction of sp³-hybridized carbons (Fsp3) is 0.250. The maximum absolute atomic E-state index is 13.6. The van der Waals surface area contributed by atoms with Crippen LogP contribution in [0.5, 0.6) is 11.5 Å². The molecule has 0 radical (unpaired) electrons. The Balaban J connectivity index is 2.19. The first-order valence-corrected chi connectivity index (χ1v) is 6.53. The third-order valence-corrected chi connectivity index (χ3v) is 3.07. The van der Waals surface area contributed by atoms with Crippen LogP contribution in [0.25, 0.3) is 0 Å². The first-order valence-electron chi connectivity index (χ1n) is 6.53. The highest BCUT2D eigenvalue weighted by Crippen LogP contribution is 2.25. The molecule has 0 aliphatic carbocycles. The van der Waals surface area contributed by atoms with Crippen LogP contribution in [0.15, 0.2) is 36.4 Å². The summed E-state index contributed by atoms with van der Waals surface area (Å²) in [6.07, 6.45) is 0. The van der Waals surface area contributed by atoms with Crippen molar-refractivity contribution in [1.82, 2.24) is 5.32 Å². The van der Waals surface area contributed by atoms with Crippen molar-refractivity contribution in [3.63, 3.8) is 0 Å². The number of hydrogen-bond donors (Lipinski definition) is 1. The van der Waals surface area contributed by atoms with E-state index in [1.165, 1.54) is 18.2 Å². The second kappa shape index (κ2) is 7.04. The Morgan fingerprint density at radius 2 is 1.81 bits per heavy atom. The lowest BCUT2D eigenvalue weighted by Gasteiger charge is -2.13. The maximum Gasteiger partial charge on any atom is 0.132 e. The van der Waals surface area contributed by atoms with Gasteiger partial charge in [0.25, 0.3) is 0 Å². The third-order valence-electron chi connectivity index (χ3n) is 3.07. The summed E-state index contributed by atoms with van der Waals surface area (Å²) in [6.45, 7) is 0.397. The molecule has 0 unspecified atom stereocenters. The first-order chi connectivity index (χ1) is 10.2. The molecule has 0 saturated heterocycles. The van der Waals surface area contributed by atoms with Crippen LogP contribution in [0.1, 0.15) is 11.1 Å². The topological polar surface area (TPSA) is 30.5 Å². The molecular weight excluding hydrogens is 276 g/mol. The van der Waals surface area contributed by atoms with E-state index >= 15 is 0 Å². The summed E-state index contributed by atoms with van der Waals surface area (Å²) in [7, 11) is 3.38. The molecular formula is C16H17F2NO2. The summed E-state index contributed by atoms with van der Waals surface area (Å²) in [5, 5.41) is 3.01. The van der Waals surface area contributed by atoms with Gasteiger partial charge in [0.2, 0.25) is 0 Å². The van der Waals surface area contributed by atoms with Gasteiger partial charge in [-0.3, -0.25) is 0 Å². The van der Waals surface area contributed by atoms with Gasteiger partial charge in [-0.25, -0.2) is 8.78 Å². The number of hydrogen-bond acceptors (Lipinski definition) is 3. The fourth-order valence-corrected chi connectivity index (χ4v) is 1.97. The molecule has 5 heteroatoms. The minimum absolute atomic E-state index is 0.0799. The first kappa shape index (κ1) is 15.3. The highest BCUT2D eigenvalue weighted by atomic mass is 19.1. The Morgan fingerprint density at radius 1 is 1.10 bits per heavy atom. The zero-order valence-electron chi connectivity index (χ0n) is 12.0. The van der Waals surface area contributed by atoms with Crippen LogP contribution in [0.2, 0.25) is 0 Å². The molecule has 0 bridgehead atoms. The van der Waals surface area contributed by atoms with E-state index in [0.29, 0.717) is 18.0 Å². The van der Waals surface area contributed by atoms with Crippen LogP contribution in [0.4, 0.5) is 8.78 Å². The molecule has 0 aliphatic rings. The van der Waals surface area contributed by atoms with Gasteiger partial charge in [-0.1, -0.05) is 6.07 Å². The smallest absolute Gasteiger partial charge is 0.132 e. The molecule has 1 N–H and O–H groups in total. The van der Waals surface area contributed by atoms with E-state index in [4.69, 9.17) is 9.47 Å². The lowest BCUT2D eigenvalue weighted by Crippen LogP contribution is -2.09. The molecule has 0 atom stereocenters. The summed E-state index contributed by atoms with van der Waals surface area (Å²) in [4.78, 5) is 0. The van der Waals surface area contributed by atoms with Crippen molar-refractivity contribution in [2.24, 2.45) is 0 Å². The van der Waals surface area contributed by atoms with Crippen molar-refractivity contribution >= 4 is 0 Å². The summed E-state index contributed by atoms with van der Waals surface area (Å²) in [5.74, 6) is 0.0369. The van der Waals surface area contributed by atoms with Crippen LogP contribution in [0, 0.1) is 11.6 Å². The Morgan fingerprint density at radius 3 is 2.43 bits per heavy atom. The lowest BCUT2D eigenvalue weighted by atomic mass is 10.1. The second-order valence-electron chi connectivity index (χ2n) is 4.49. The van der Waals surface area contributed by atoms with E-state index in [-0.39, 0.29) is 12.2 Å². The van der Waals surface area contributed by atoms with Crippen molar-refractivity contribution in [2.75, 3.05) is 14.2 Å².